The third-order valence-corrected chi connectivity index (χ3v) is 3.42. The first-order valence-electron chi connectivity index (χ1n) is 5.92. The van der Waals surface area contributed by atoms with E-state index in [0.717, 1.165) is 6.54 Å². The summed E-state index contributed by atoms with van der Waals surface area (Å²) in [4.78, 5) is 2.22. The molecule has 2 aromatic rings. The van der Waals surface area contributed by atoms with Crippen LogP contribution in [0.5, 0.6) is 0 Å². The lowest BCUT2D eigenvalue weighted by Gasteiger charge is -2.11. The largest absolute Gasteiger partial charge is 0.372 e. The lowest BCUT2D eigenvalue weighted by Crippen LogP contribution is -2.19. The normalized spacial score (nSPS) is 18.2. The summed E-state index contributed by atoms with van der Waals surface area (Å²) in [5, 5.41) is 0. The molecule has 2 nitrogen and oxygen atoms in total. The minimum atomic E-state index is 0.138. The van der Waals surface area contributed by atoms with Gasteiger partial charge in [0.1, 0.15) is 0 Å². The molecule has 1 atom stereocenters. The van der Waals surface area contributed by atoms with E-state index in [-0.39, 0.29) is 6.04 Å². The highest BCUT2D eigenvalue weighted by atomic mass is 15.1. The minimum absolute atomic E-state index is 0.138. The zero-order valence-electron chi connectivity index (χ0n) is 9.93. The van der Waals surface area contributed by atoms with Crippen LogP contribution in [0, 0.1) is 0 Å². The van der Waals surface area contributed by atoms with E-state index in [0.29, 0.717) is 0 Å². The summed E-state index contributed by atoms with van der Waals surface area (Å²) in [6, 6.07) is 17.1. The van der Waals surface area contributed by atoms with Crippen molar-refractivity contribution in [2.75, 3.05) is 18.5 Å². The Bertz CT molecular complexity index is 534. The summed E-state index contributed by atoms with van der Waals surface area (Å²) in [6.07, 6.45) is 0. The summed E-state index contributed by atoms with van der Waals surface area (Å²) >= 11 is 0. The number of anilines is 1. The van der Waals surface area contributed by atoms with Gasteiger partial charge in [-0.15, -0.1) is 0 Å². The Morgan fingerprint density at radius 2 is 1.82 bits per heavy atom. The quantitative estimate of drug-likeness (QED) is 0.807. The fourth-order valence-corrected chi connectivity index (χ4v) is 2.50. The van der Waals surface area contributed by atoms with Gasteiger partial charge < -0.3 is 10.6 Å². The van der Waals surface area contributed by atoms with Gasteiger partial charge in [0.15, 0.2) is 0 Å². The smallest absolute Gasteiger partial charge is 0.0493 e. The molecule has 0 bridgehead atoms. The van der Waals surface area contributed by atoms with E-state index in [1.807, 2.05) is 6.07 Å². The highest BCUT2D eigenvalue weighted by Crippen LogP contribution is 2.35. The maximum Gasteiger partial charge on any atom is 0.0493 e. The van der Waals surface area contributed by atoms with Crippen LogP contribution in [0.15, 0.2) is 48.5 Å². The van der Waals surface area contributed by atoms with Crippen molar-refractivity contribution < 1.29 is 0 Å². The Kier molecular flexibility index (Phi) is 2.37. The van der Waals surface area contributed by atoms with E-state index >= 15 is 0 Å². The number of likely N-dealkylation sites (N-methyl/N-ethyl adjacent to an activating group) is 1. The van der Waals surface area contributed by atoms with Crippen LogP contribution in [0.1, 0.15) is 11.6 Å². The molecule has 17 heavy (non-hydrogen) atoms. The number of benzene rings is 2. The number of fused-ring (bicyclic) bond motifs is 1. The summed E-state index contributed by atoms with van der Waals surface area (Å²) in [7, 11) is 2.09. The molecule has 0 aliphatic carbocycles. The third kappa shape index (κ3) is 1.71. The summed E-state index contributed by atoms with van der Waals surface area (Å²) in [6.45, 7) is 0.910. The third-order valence-electron chi connectivity index (χ3n) is 3.42. The standard InChI is InChI=1S/C15H16N2/c1-17-10-14(16)13-9-12(7-8-15(13)17)11-5-3-2-4-6-11/h2-9,14H,10,16H2,1H3. The van der Waals surface area contributed by atoms with Crippen LogP contribution in [0.2, 0.25) is 0 Å². The second kappa shape index (κ2) is 3.90. The first-order chi connectivity index (χ1) is 8.25. The Balaban J connectivity index is 2.08. The highest BCUT2D eigenvalue weighted by Gasteiger charge is 2.23. The van der Waals surface area contributed by atoms with Gasteiger partial charge in [-0.1, -0.05) is 36.4 Å². The average molecular weight is 224 g/mol. The van der Waals surface area contributed by atoms with E-state index in [2.05, 4.69) is 54.4 Å². The molecule has 0 amide bonds. The van der Waals surface area contributed by atoms with Crippen LogP contribution in [0.3, 0.4) is 0 Å². The molecule has 1 heterocycles. The van der Waals surface area contributed by atoms with Gasteiger partial charge in [0, 0.05) is 25.3 Å². The monoisotopic (exact) mass is 224 g/mol. The Morgan fingerprint density at radius 3 is 2.59 bits per heavy atom. The molecule has 86 valence electrons. The van der Waals surface area contributed by atoms with Crippen LogP contribution < -0.4 is 10.6 Å². The molecule has 2 heteroatoms. The maximum atomic E-state index is 6.14. The fraction of sp³-hybridized carbons (Fsp3) is 0.200. The predicted molar refractivity (Wildman–Crippen MR) is 72.1 cm³/mol. The van der Waals surface area contributed by atoms with Crippen LogP contribution in [-0.2, 0) is 0 Å². The maximum absolute atomic E-state index is 6.14. The molecule has 1 unspecified atom stereocenters. The number of nitrogens with zero attached hydrogens (tertiary/aromatic N) is 1. The van der Waals surface area contributed by atoms with E-state index in [1.165, 1.54) is 22.4 Å². The van der Waals surface area contributed by atoms with E-state index in [4.69, 9.17) is 5.73 Å². The Hall–Kier alpha value is -1.80. The van der Waals surface area contributed by atoms with Crippen LogP contribution in [0.25, 0.3) is 11.1 Å². The molecule has 0 fully saturated rings. The Labute approximate surface area is 102 Å². The molecule has 0 aromatic heterocycles. The summed E-state index contributed by atoms with van der Waals surface area (Å²) in [5.41, 5.74) is 11.2. The molecule has 2 aromatic carbocycles. The molecule has 0 spiro atoms. The van der Waals surface area contributed by atoms with Gasteiger partial charge >= 0.3 is 0 Å². The molecule has 1 aliphatic heterocycles. The first-order valence-corrected chi connectivity index (χ1v) is 5.92. The average Bonchev–Trinajstić information content (AvgIpc) is 2.66. The lowest BCUT2D eigenvalue weighted by molar-refractivity contribution is 0.761. The molecular weight excluding hydrogens is 208 g/mol. The second-order valence-electron chi connectivity index (χ2n) is 4.63. The van der Waals surface area contributed by atoms with Gasteiger partial charge in [-0.05, 0) is 28.8 Å². The second-order valence-corrected chi connectivity index (χ2v) is 4.63. The summed E-state index contributed by atoms with van der Waals surface area (Å²) < 4.78 is 0. The van der Waals surface area contributed by atoms with Gasteiger partial charge in [0.2, 0.25) is 0 Å². The van der Waals surface area contributed by atoms with Gasteiger partial charge in [0.25, 0.3) is 0 Å². The predicted octanol–water partition coefficient (Wildman–Crippen LogP) is 2.80. The van der Waals surface area contributed by atoms with Crippen molar-refractivity contribution in [1.29, 1.82) is 0 Å². The molecule has 1 aliphatic rings. The molecule has 0 radical (unpaired) electrons. The highest BCUT2D eigenvalue weighted by molar-refractivity contribution is 5.71. The van der Waals surface area contributed by atoms with Crippen LogP contribution in [-0.4, -0.2) is 13.6 Å². The number of hydrogen-bond acceptors (Lipinski definition) is 2. The number of rotatable bonds is 1. The minimum Gasteiger partial charge on any atom is -0.372 e. The van der Waals surface area contributed by atoms with Crippen LogP contribution in [0.4, 0.5) is 5.69 Å². The topological polar surface area (TPSA) is 29.3 Å². The number of nitrogens with two attached hydrogens (primary N) is 1. The van der Waals surface area contributed by atoms with Gasteiger partial charge in [0.05, 0.1) is 0 Å². The number of hydrogen-bond donors (Lipinski definition) is 1. The SMILES string of the molecule is CN1CC(N)c2cc(-c3ccccc3)ccc21. The van der Waals surface area contributed by atoms with Crippen molar-refractivity contribution in [2.45, 2.75) is 6.04 Å². The molecule has 0 saturated heterocycles. The van der Waals surface area contributed by atoms with Gasteiger partial charge in [-0.25, -0.2) is 0 Å². The van der Waals surface area contributed by atoms with E-state index < -0.39 is 0 Å². The zero-order valence-corrected chi connectivity index (χ0v) is 9.93. The van der Waals surface area contributed by atoms with Crippen molar-refractivity contribution >= 4 is 5.69 Å². The van der Waals surface area contributed by atoms with E-state index in [1.54, 1.807) is 0 Å². The van der Waals surface area contributed by atoms with Crippen molar-refractivity contribution in [2.24, 2.45) is 5.73 Å². The van der Waals surface area contributed by atoms with Crippen LogP contribution >= 0.6 is 0 Å². The molecule has 3 rings (SSSR count). The van der Waals surface area contributed by atoms with E-state index in [9.17, 15) is 0 Å². The molecule has 0 saturated carbocycles. The van der Waals surface area contributed by atoms with Crippen molar-refractivity contribution in [3.63, 3.8) is 0 Å². The van der Waals surface area contributed by atoms with Gasteiger partial charge in [-0.3, -0.25) is 0 Å². The van der Waals surface area contributed by atoms with Crippen molar-refractivity contribution in [3.05, 3.63) is 54.1 Å². The van der Waals surface area contributed by atoms with Gasteiger partial charge in [-0.2, -0.15) is 0 Å². The lowest BCUT2D eigenvalue weighted by atomic mass is 10.0. The summed E-state index contributed by atoms with van der Waals surface area (Å²) in [5.74, 6) is 0. The first kappa shape index (κ1) is 10.4. The van der Waals surface area contributed by atoms with Crippen molar-refractivity contribution in [1.82, 2.24) is 0 Å². The Morgan fingerprint density at radius 1 is 1.06 bits per heavy atom. The van der Waals surface area contributed by atoms with Crippen molar-refractivity contribution in [3.8, 4) is 11.1 Å². The molecule has 2 N–H and O–H groups in total. The zero-order chi connectivity index (χ0) is 11.8. The fourth-order valence-electron chi connectivity index (χ4n) is 2.50. The molecular formula is C15H16N2.